The Morgan fingerprint density at radius 1 is 1.03 bits per heavy atom. The van der Waals surface area contributed by atoms with Crippen LogP contribution < -0.4 is 15.9 Å². The third kappa shape index (κ3) is 8.81. The average Bonchev–Trinajstić information content (AvgIpc) is 3.19. The maximum atomic E-state index is 13.8. The van der Waals surface area contributed by atoms with Crippen LogP contribution in [0.15, 0.2) is 12.7 Å². The number of imidazole rings is 1. The summed E-state index contributed by atoms with van der Waals surface area (Å²) < 4.78 is 31.9. The zero-order valence-corrected chi connectivity index (χ0v) is 22.8. The molecule has 4 N–H and O–H groups in total. The minimum Gasteiger partial charge on any atom is -0.463 e. The smallest absolute Gasteiger partial charge is 0.323 e. The van der Waals surface area contributed by atoms with Crippen LogP contribution in [-0.4, -0.2) is 68.7 Å². The first-order chi connectivity index (χ1) is 16.8. The average molecular weight is 528 g/mol. The Balaban J connectivity index is 2.08. The maximum Gasteiger partial charge on any atom is 0.323 e. The summed E-state index contributed by atoms with van der Waals surface area (Å²) >= 11 is 0. The fourth-order valence-corrected chi connectivity index (χ4v) is 5.16. The van der Waals surface area contributed by atoms with Gasteiger partial charge in [-0.1, -0.05) is 6.92 Å². The molecule has 13 nitrogen and oxygen atoms in total. The Bertz CT molecular complexity index is 1080. The van der Waals surface area contributed by atoms with Crippen LogP contribution in [0.3, 0.4) is 0 Å². The van der Waals surface area contributed by atoms with Gasteiger partial charge in [-0.05, 0) is 41.5 Å². The number of esters is 2. The van der Waals surface area contributed by atoms with Gasteiger partial charge in [0.2, 0.25) is 7.44 Å². The number of nitrogens with one attached hydrogen (secondary N) is 2. The zero-order valence-electron chi connectivity index (χ0n) is 21.9. The van der Waals surface area contributed by atoms with Gasteiger partial charge in [0, 0.05) is 6.54 Å². The number of aromatic nitrogens is 4. The van der Waals surface area contributed by atoms with Crippen molar-refractivity contribution in [2.45, 2.75) is 79.4 Å². The van der Waals surface area contributed by atoms with Gasteiger partial charge in [0.15, 0.2) is 11.5 Å². The van der Waals surface area contributed by atoms with E-state index < -0.39 is 37.4 Å². The van der Waals surface area contributed by atoms with Crippen molar-refractivity contribution in [3.8, 4) is 0 Å². The summed E-state index contributed by atoms with van der Waals surface area (Å²) in [5, 5.41) is 5.72. The fraction of sp³-hybridized carbons (Fsp3) is 0.682. The Morgan fingerprint density at radius 2 is 1.67 bits per heavy atom. The second-order valence-corrected chi connectivity index (χ2v) is 11.6. The first-order valence-electron chi connectivity index (χ1n) is 11.9. The number of hydrogen-bond acceptors (Lipinski definition) is 10. The number of nitrogens with zero attached hydrogens (tertiary/aromatic N) is 4. The monoisotopic (exact) mass is 527 g/mol. The largest absolute Gasteiger partial charge is 0.463 e. The van der Waals surface area contributed by atoms with Crippen LogP contribution in [-0.2, 0) is 34.9 Å². The van der Waals surface area contributed by atoms with Crippen molar-refractivity contribution < 1.29 is 28.4 Å². The van der Waals surface area contributed by atoms with E-state index in [2.05, 4.69) is 25.1 Å². The van der Waals surface area contributed by atoms with Gasteiger partial charge in [0.1, 0.15) is 24.2 Å². The third-order valence-electron chi connectivity index (χ3n) is 4.94. The lowest BCUT2D eigenvalue weighted by Gasteiger charge is -2.27. The predicted octanol–water partition coefficient (Wildman–Crippen LogP) is 2.07. The van der Waals surface area contributed by atoms with Gasteiger partial charge in [-0.25, -0.2) is 20.0 Å². The molecular weight excluding hydrogens is 489 g/mol. The van der Waals surface area contributed by atoms with E-state index in [9.17, 15) is 14.2 Å². The molecule has 0 aliphatic heterocycles. The van der Waals surface area contributed by atoms with Crippen molar-refractivity contribution in [1.82, 2.24) is 29.7 Å². The summed E-state index contributed by atoms with van der Waals surface area (Å²) in [6.45, 7) is 12.4. The van der Waals surface area contributed by atoms with Crippen LogP contribution in [0.2, 0.25) is 0 Å². The van der Waals surface area contributed by atoms with Crippen molar-refractivity contribution in [3.63, 3.8) is 0 Å². The molecule has 0 bridgehead atoms. The van der Waals surface area contributed by atoms with Crippen LogP contribution in [0.25, 0.3) is 11.2 Å². The SMILES string of the molecule is CC(C)OC(=O)[C@H](C)CNP(=O)(CO[C@H](C)Cn1cnc2c(N)ncnc21)N[C@@H](C)C(=O)OC(C)C. The summed E-state index contributed by atoms with van der Waals surface area (Å²) in [4.78, 5) is 36.9. The highest BCUT2D eigenvalue weighted by Crippen LogP contribution is 2.37. The summed E-state index contributed by atoms with van der Waals surface area (Å²) in [6.07, 6.45) is 1.70. The van der Waals surface area contributed by atoms with E-state index in [0.29, 0.717) is 17.7 Å². The zero-order chi connectivity index (χ0) is 27.0. The van der Waals surface area contributed by atoms with Crippen LogP contribution >= 0.6 is 7.44 Å². The molecule has 202 valence electrons. The molecule has 2 aromatic heterocycles. The Morgan fingerprint density at radius 3 is 2.31 bits per heavy atom. The van der Waals surface area contributed by atoms with Gasteiger partial charge in [-0.15, -0.1) is 0 Å². The van der Waals surface area contributed by atoms with Crippen molar-refractivity contribution in [3.05, 3.63) is 12.7 Å². The molecule has 0 amide bonds. The molecule has 0 aromatic carbocycles. The number of anilines is 1. The molecule has 0 saturated carbocycles. The molecule has 36 heavy (non-hydrogen) atoms. The van der Waals surface area contributed by atoms with Crippen LogP contribution in [0.1, 0.15) is 48.5 Å². The van der Waals surface area contributed by atoms with Gasteiger partial charge in [-0.2, -0.15) is 0 Å². The lowest BCUT2D eigenvalue weighted by Crippen LogP contribution is -2.40. The Hall–Kier alpha value is -2.60. The van der Waals surface area contributed by atoms with Crippen LogP contribution in [0.5, 0.6) is 0 Å². The Kier molecular flexibility index (Phi) is 10.8. The highest BCUT2D eigenvalue weighted by Gasteiger charge is 2.31. The van der Waals surface area contributed by atoms with E-state index in [0.717, 1.165) is 0 Å². The molecule has 0 saturated heterocycles. The lowest BCUT2D eigenvalue weighted by molar-refractivity contribution is -0.151. The molecule has 14 heteroatoms. The first-order valence-corrected chi connectivity index (χ1v) is 13.8. The maximum absolute atomic E-state index is 13.8. The van der Waals surface area contributed by atoms with Crippen LogP contribution in [0, 0.1) is 5.92 Å². The van der Waals surface area contributed by atoms with Crippen molar-refractivity contribution in [2.24, 2.45) is 5.92 Å². The van der Waals surface area contributed by atoms with Gasteiger partial charge < -0.3 is 24.5 Å². The van der Waals surface area contributed by atoms with Crippen molar-refractivity contribution >= 4 is 36.4 Å². The number of hydrogen-bond donors (Lipinski definition) is 3. The molecule has 0 aliphatic carbocycles. The number of carbonyl (C=O) groups is 2. The van der Waals surface area contributed by atoms with Crippen molar-refractivity contribution in [2.75, 3.05) is 18.6 Å². The minimum atomic E-state index is -3.50. The molecule has 2 rings (SSSR count). The van der Waals surface area contributed by atoms with Gasteiger partial charge >= 0.3 is 11.9 Å². The lowest BCUT2D eigenvalue weighted by atomic mass is 10.2. The number of carbonyl (C=O) groups excluding carboxylic acids is 2. The number of ether oxygens (including phenoxy) is 3. The summed E-state index contributed by atoms with van der Waals surface area (Å²) in [7, 11) is -3.50. The molecular formula is C22H38N7O6P. The van der Waals surface area contributed by atoms with Gasteiger partial charge in [0.25, 0.3) is 0 Å². The quantitative estimate of drug-likeness (QED) is 0.241. The number of rotatable bonds is 14. The molecule has 1 unspecified atom stereocenters. The summed E-state index contributed by atoms with van der Waals surface area (Å²) in [6, 6.07) is -0.875. The molecule has 2 heterocycles. The number of fused-ring (bicyclic) bond motifs is 1. The molecule has 4 atom stereocenters. The van der Waals surface area contributed by atoms with Gasteiger partial charge in [0.05, 0.1) is 37.1 Å². The molecule has 0 aliphatic rings. The highest BCUT2D eigenvalue weighted by molar-refractivity contribution is 7.59. The summed E-state index contributed by atoms with van der Waals surface area (Å²) in [5.41, 5.74) is 6.88. The topological polar surface area (TPSA) is 173 Å². The van der Waals surface area contributed by atoms with Crippen molar-refractivity contribution in [1.29, 1.82) is 0 Å². The molecule has 2 aromatic rings. The van der Waals surface area contributed by atoms with E-state index in [4.69, 9.17) is 19.9 Å². The normalized spacial score (nSPS) is 16.0. The molecule has 0 fully saturated rings. The third-order valence-corrected chi connectivity index (χ3v) is 6.95. The van der Waals surface area contributed by atoms with Gasteiger partial charge in [-0.3, -0.25) is 19.2 Å². The highest BCUT2D eigenvalue weighted by atomic mass is 31.2. The van der Waals surface area contributed by atoms with Crippen LogP contribution in [0.4, 0.5) is 5.82 Å². The summed E-state index contributed by atoms with van der Waals surface area (Å²) in [5.74, 6) is -1.26. The standard InChI is InChI=1S/C22H38N7O6P/c1-13(2)34-21(30)15(5)8-27-36(32,28-17(7)22(31)35-14(3)4)12-33-16(6)9-29-11-26-18-19(23)24-10-25-20(18)29/h10-11,13-17H,8-9,12H2,1-7H3,(H2,23,24,25)(H2,27,28,32)/t15-,16-,17+,36?/m1/s1. The van der Waals surface area contributed by atoms with E-state index >= 15 is 0 Å². The number of nitrogen functional groups attached to an aromatic ring is 1. The van der Waals surface area contributed by atoms with E-state index in [1.165, 1.54) is 6.33 Å². The van der Waals surface area contributed by atoms with E-state index in [1.54, 1.807) is 59.4 Å². The molecule has 0 radical (unpaired) electrons. The second-order valence-electron chi connectivity index (χ2n) is 9.26. The predicted molar refractivity (Wildman–Crippen MR) is 135 cm³/mol. The molecule has 0 spiro atoms. The minimum absolute atomic E-state index is 0.0574. The van der Waals surface area contributed by atoms with E-state index in [-0.39, 0.29) is 30.9 Å². The first kappa shape index (κ1) is 29.6. The second kappa shape index (κ2) is 13.1. The number of nitrogens with two attached hydrogens (primary N) is 1. The van der Waals surface area contributed by atoms with E-state index in [1.807, 2.05) is 0 Å². The fourth-order valence-electron chi connectivity index (χ4n) is 3.14. The Labute approximate surface area is 211 Å².